The molecule has 0 aromatic carbocycles. The van der Waals surface area contributed by atoms with E-state index in [1.54, 1.807) is 0 Å². The average Bonchev–Trinajstić information content (AvgIpc) is 2.85. The number of rotatable bonds is 1. The van der Waals surface area contributed by atoms with Crippen molar-refractivity contribution in [1.82, 2.24) is 5.32 Å². The van der Waals surface area contributed by atoms with E-state index < -0.39 is 10.8 Å². The van der Waals surface area contributed by atoms with E-state index in [0.29, 0.717) is 0 Å². The van der Waals surface area contributed by atoms with Crippen molar-refractivity contribution in [3.8, 4) is 0 Å². The highest BCUT2D eigenvalue weighted by Crippen LogP contribution is 2.31. The van der Waals surface area contributed by atoms with Gasteiger partial charge in [0.1, 0.15) is 0 Å². The highest BCUT2D eigenvalue weighted by Gasteiger charge is 2.29. The summed E-state index contributed by atoms with van der Waals surface area (Å²) in [6.07, 6.45) is 12.3. The first-order valence-electron chi connectivity index (χ1n) is 8.59. The maximum absolute atomic E-state index is 12.6. The van der Waals surface area contributed by atoms with Gasteiger partial charge in [-0.2, -0.15) is 24.6 Å². The Morgan fingerprint density at radius 1 is 1.33 bits per heavy atom. The lowest BCUT2D eigenvalue weighted by atomic mass is 9.87. The molecule has 0 aromatic rings. The highest BCUT2D eigenvalue weighted by molar-refractivity contribution is 8.02. The number of carbonyl (C=O) groups excluding carboxylic acids is 1. The van der Waals surface area contributed by atoms with Crippen LogP contribution >= 0.6 is 0 Å². The average molecular weight is 345 g/mol. The molecule has 3 rings (SSSR count). The lowest BCUT2D eigenvalue weighted by Crippen LogP contribution is -2.42. The molecule has 5 heteroatoms. The zero-order valence-corrected chi connectivity index (χ0v) is 15.4. The van der Waals surface area contributed by atoms with Crippen LogP contribution in [-0.2, 0) is 10.8 Å². The van der Waals surface area contributed by atoms with Crippen molar-refractivity contribution < 1.29 is 13.6 Å². The quantitative estimate of drug-likeness (QED) is 0.583. The summed E-state index contributed by atoms with van der Waals surface area (Å²) in [5, 5.41) is 3.10. The summed E-state index contributed by atoms with van der Waals surface area (Å²) in [4.78, 5) is 13.3. The van der Waals surface area contributed by atoms with Crippen molar-refractivity contribution in [3.05, 3.63) is 46.7 Å². The minimum atomic E-state index is -1.29. The minimum Gasteiger partial charge on any atom is -0.288 e. The van der Waals surface area contributed by atoms with E-state index >= 15 is 0 Å². The summed E-state index contributed by atoms with van der Waals surface area (Å²) in [5.74, 6) is 0.749. The summed E-state index contributed by atoms with van der Waals surface area (Å²) in [6, 6.07) is 0.813. The molecule has 0 saturated heterocycles. The van der Waals surface area contributed by atoms with Gasteiger partial charge in [0.2, 0.25) is 0 Å². The fourth-order valence-corrected chi connectivity index (χ4v) is 4.67. The van der Waals surface area contributed by atoms with Gasteiger partial charge in [-0.05, 0) is 44.6 Å². The lowest BCUT2D eigenvalue weighted by Gasteiger charge is -2.27. The third-order valence-electron chi connectivity index (χ3n) is 4.97. The number of hydrogen-bond donors (Lipinski definition) is 1. The fraction of sp³-hybridized carbons (Fsp3) is 0.474. The Bertz CT molecular complexity index is 679. The molecule has 0 aromatic heterocycles. The van der Waals surface area contributed by atoms with Crippen LogP contribution in [0.5, 0.6) is 0 Å². The second-order valence-electron chi connectivity index (χ2n) is 6.96. The van der Waals surface area contributed by atoms with E-state index in [0.717, 1.165) is 53.7 Å². The molecule has 0 radical (unpaired) electrons. The molecular weight excluding hydrogens is 320 g/mol. The Balaban J connectivity index is 1.70. The minimum absolute atomic E-state index is 0.164. The molecule has 2 amide bonds. The molecule has 1 atom stereocenters. The van der Waals surface area contributed by atoms with Crippen LogP contribution in [0.15, 0.2) is 34.3 Å². The lowest BCUT2D eigenvalue weighted by molar-refractivity contribution is -0.395. The van der Waals surface area contributed by atoms with Crippen molar-refractivity contribution in [3.63, 3.8) is 0 Å². The summed E-state index contributed by atoms with van der Waals surface area (Å²) in [5.41, 5.74) is 3.59. The van der Waals surface area contributed by atoms with Crippen LogP contribution in [0.2, 0.25) is 0 Å². The normalized spacial score (nSPS) is 33.0. The largest absolute Gasteiger partial charge is 0.412 e. The SMILES string of the molecule is CC1=C[CH-]C(=C2[C-](C)[N+](C(=O)NC3CCC(C)CC3)=CS2=O)C=C1. The van der Waals surface area contributed by atoms with E-state index in [1.165, 1.54) is 10.1 Å². The summed E-state index contributed by atoms with van der Waals surface area (Å²) < 4.78 is 14.0. The number of hydrogen-bond acceptors (Lipinski definition) is 2. The molecule has 24 heavy (non-hydrogen) atoms. The van der Waals surface area contributed by atoms with Gasteiger partial charge in [-0.25, -0.2) is 5.57 Å². The van der Waals surface area contributed by atoms with Gasteiger partial charge in [-0.15, -0.1) is 5.57 Å². The van der Waals surface area contributed by atoms with Gasteiger partial charge in [-0.1, -0.05) is 18.8 Å². The predicted molar refractivity (Wildman–Crippen MR) is 97.6 cm³/mol. The Labute approximate surface area is 146 Å². The summed E-state index contributed by atoms with van der Waals surface area (Å²) >= 11 is 0. The molecule has 1 aliphatic heterocycles. The van der Waals surface area contributed by atoms with Crippen molar-refractivity contribution >= 4 is 22.4 Å². The number of urea groups is 1. The van der Waals surface area contributed by atoms with Gasteiger partial charge in [0.15, 0.2) is 0 Å². The number of nitrogens with zero attached hydrogens (tertiary/aromatic N) is 1. The molecule has 1 N–H and O–H groups in total. The van der Waals surface area contributed by atoms with Gasteiger partial charge >= 0.3 is 6.03 Å². The van der Waals surface area contributed by atoms with Crippen molar-refractivity contribution in [2.45, 2.75) is 52.5 Å². The van der Waals surface area contributed by atoms with Gasteiger partial charge in [0, 0.05) is 10.8 Å². The molecule has 3 aliphatic rings. The monoisotopic (exact) mass is 345 g/mol. The molecule has 1 heterocycles. The number of allylic oxidation sites excluding steroid dienone is 5. The molecule has 1 saturated carbocycles. The molecule has 130 valence electrons. The van der Waals surface area contributed by atoms with Gasteiger partial charge in [-0.3, -0.25) is 18.9 Å². The summed E-state index contributed by atoms with van der Waals surface area (Å²) in [6.45, 7) is 6.14. The highest BCUT2D eigenvalue weighted by atomic mass is 32.2. The third kappa shape index (κ3) is 3.51. The van der Waals surface area contributed by atoms with Crippen molar-refractivity contribution in [1.29, 1.82) is 0 Å². The molecule has 2 aliphatic carbocycles. The molecular formula is C19H25N2O2S-. The molecule has 4 nitrogen and oxygen atoms in total. The first-order chi connectivity index (χ1) is 11.5. The maximum atomic E-state index is 12.6. The van der Waals surface area contributed by atoms with Crippen LogP contribution in [-0.4, -0.2) is 26.4 Å². The second-order valence-corrected chi connectivity index (χ2v) is 8.17. The van der Waals surface area contributed by atoms with E-state index in [2.05, 4.69) is 12.2 Å². The Hall–Kier alpha value is -1.75. The number of nitrogens with one attached hydrogen (secondary N) is 1. The first-order valence-corrected chi connectivity index (χ1v) is 9.80. The van der Waals surface area contributed by atoms with Gasteiger partial charge < -0.3 is 0 Å². The van der Waals surface area contributed by atoms with E-state index in [-0.39, 0.29) is 12.1 Å². The van der Waals surface area contributed by atoms with Gasteiger partial charge in [0.05, 0.1) is 11.6 Å². The second kappa shape index (κ2) is 7.01. The van der Waals surface area contributed by atoms with Crippen molar-refractivity contribution in [2.24, 2.45) is 5.92 Å². The summed E-state index contributed by atoms with van der Waals surface area (Å²) in [7, 11) is -1.29. The first kappa shape index (κ1) is 17.1. The van der Waals surface area contributed by atoms with E-state index in [1.807, 2.05) is 38.5 Å². The van der Waals surface area contributed by atoms with E-state index in [4.69, 9.17) is 0 Å². The predicted octanol–water partition coefficient (Wildman–Crippen LogP) is 3.60. The Morgan fingerprint density at radius 3 is 2.67 bits per heavy atom. The van der Waals surface area contributed by atoms with Crippen LogP contribution < -0.4 is 5.32 Å². The zero-order chi connectivity index (χ0) is 17.3. The third-order valence-corrected chi connectivity index (χ3v) is 6.30. The molecule has 0 spiro atoms. The van der Waals surface area contributed by atoms with Crippen molar-refractivity contribution in [2.75, 3.05) is 0 Å². The zero-order valence-electron chi connectivity index (χ0n) is 14.5. The molecule has 1 fully saturated rings. The van der Waals surface area contributed by atoms with Crippen LogP contribution in [0.3, 0.4) is 0 Å². The fourth-order valence-electron chi connectivity index (χ4n) is 3.36. The number of amides is 2. The van der Waals surface area contributed by atoms with Crippen LogP contribution in [0.4, 0.5) is 4.79 Å². The van der Waals surface area contributed by atoms with Crippen LogP contribution in [0.25, 0.3) is 0 Å². The van der Waals surface area contributed by atoms with Crippen LogP contribution in [0, 0.1) is 18.4 Å². The van der Waals surface area contributed by atoms with Gasteiger partial charge in [0.25, 0.3) is 0 Å². The maximum Gasteiger partial charge on any atom is 0.412 e. The Kier molecular flexibility index (Phi) is 4.99. The molecule has 1 unspecified atom stereocenters. The standard InChI is InChI=1S/C19H25N2O2S/c1-13-4-8-16(9-5-13)18-15(3)21(12-24(18)23)19(22)20-17-10-6-14(2)7-11-17/h4-5,8-9,12,14,17H,6-7,10-11H2,1-3H3,(H,20,22)/q-1. The van der Waals surface area contributed by atoms with Crippen LogP contribution in [0.1, 0.15) is 46.5 Å². The Morgan fingerprint density at radius 2 is 2.04 bits per heavy atom. The topological polar surface area (TPSA) is 49.2 Å². The van der Waals surface area contributed by atoms with E-state index in [9.17, 15) is 9.00 Å². The molecule has 0 bridgehead atoms. The smallest absolute Gasteiger partial charge is 0.288 e. The number of carbonyl (C=O) groups is 1.